The normalized spacial score (nSPS) is 15.9. The van der Waals surface area contributed by atoms with Gasteiger partial charge in [0, 0.05) is 35.9 Å². The van der Waals surface area contributed by atoms with Gasteiger partial charge in [-0.3, -0.25) is 0 Å². The van der Waals surface area contributed by atoms with Gasteiger partial charge in [0.1, 0.15) is 17.0 Å². The molecule has 5 rings (SSSR count). The van der Waals surface area contributed by atoms with E-state index in [0.29, 0.717) is 23.4 Å². The van der Waals surface area contributed by atoms with Gasteiger partial charge in [-0.05, 0) is 63.5 Å². The average molecular weight is 436 g/mol. The maximum absolute atomic E-state index is 15.2. The van der Waals surface area contributed by atoms with E-state index in [1.807, 2.05) is 13.1 Å². The third kappa shape index (κ3) is 3.72. The molecule has 3 aromatic heterocycles. The number of piperidine rings is 1. The van der Waals surface area contributed by atoms with Crippen LogP contribution in [0.3, 0.4) is 0 Å². The first-order valence-electron chi connectivity index (χ1n) is 11.4. The van der Waals surface area contributed by atoms with Crippen LogP contribution in [-0.2, 0) is 0 Å². The van der Waals surface area contributed by atoms with Crippen molar-refractivity contribution in [2.75, 3.05) is 32.0 Å². The fourth-order valence-electron chi connectivity index (χ4n) is 4.67. The van der Waals surface area contributed by atoms with Gasteiger partial charge in [-0.1, -0.05) is 13.8 Å². The predicted octanol–water partition coefficient (Wildman–Crippen LogP) is 4.76. The van der Waals surface area contributed by atoms with E-state index in [1.165, 1.54) is 0 Å². The molecule has 8 heteroatoms. The van der Waals surface area contributed by atoms with Gasteiger partial charge in [-0.25, -0.2) is 14.4 Å². The summed E-state index contributed by atoms with van der Waals surface area (Å²) >= 11 is 0. The molecular formula is C24H30FN7. The van der Waals surface area contributed by atoms with E-state index in [-0.39, 0.29) is 5.82 Å². The lowest BCUT2D eigenvalue weighted by Gasteiger charge is -2.30. The first-order valence-corrected chi connectivity index (χ1v) is 11.4. The number of benzene rings is 1. The van der Waals surface area contributed by atoms with E-state index >= 15 is 4.39 Å². The zero-order valence-electron chi connectivity index (χ0n) is 19.1. The van der Waals surface area contributed by atoms with E-state index < -0.39 is 0 Å². The first kappa shape index (κ1) is 20.9. The number of imidazole rings is 1. The quantitative estimate of drug-likeness (QED) is 0.473. The highest BCUT2D eigenvalue weighted by molar-refractivity contribution is 5.96. The minimum absolute atomic E-state index is 0.294. The topological polar surface area (TPSA) is 74.7 Å². The second-order valence-electron chi connectivity index (χ2n) is 9.32. The van der Waals surface area contributed by atoms with Crippen LogP contribution in [0.25, 0.3) is 33.2 Å². The summed E-state index contributed by atoms with van der Waals surface area (Å²) in [4.78, 5) is 19.2. The van der Waals surface area contributed by atoms with Crippen LogP contribution in [0.4, 0.5) is 10.3 Å². The molecule has 0 saturated carbocycles. The van der Waals surface area contributed by atoms with Crippen molar-refractivity contribution in [3.05, 3.63) is 36.2 Å². The van der Waals surface area contributed by atoms with Crippen molar-refractivity contribution < 1.29 is 4.39 Å². The molecule has 2 N–H and O–H groups in total. The minimum atomic E-state index is -0.294. The van der Waals surface area contributed by atoms with Gasteiger partial charge >= 0.3 is 0 Å². The van der Waals surface area contributed by atoms with Gasteiger partial charge in [0.05, 0.1) is 5.52 Å². The summed E-state index contributed by atoms with van der Waals surface area (Å²) < 4.78 is 17.4. The molecule has 1 fully saturated rings. The molecule has 0 radical (unpaired) electrons. The number of likely N-dealkylation sites (tertiary alicyclic amines) is 1. The first-order chi connectivity index (χ1) is 15.4. The van der Waals surface area contributed by atoms with Crippen LogP contribution in [0, 0.1) is 18.7 Å². The fraction of sp³-hybridized carbons (Fsp3) is 0.458. The second kappa shape index (κ2) is 8.16. The molecule has 168 valence electrons. The number of nitrogens with one attached hydrogen (secondary N) is 2. The number of fused-ring (bicyclic) bond motifs is 2. The number of aromatic amines is 1. The average Bonchev–Trinajstić information content (AvgIpc) is 3.33. The van der Waals surface area contributed by atoms with Crippen molar-refractivity contribution in [2.24, 2.45) is 5.92 Å². The van der Waals surface area contributed by atoms with Crippen LogP contribution < -0.4 is 5.32 Å². The molecule has 0 spiro atoms. The summed E-state index contributed by atoms with van der Waals surface area (Å²) in [6.07, 6.45) is 5.78. The summed E-state index contributed by atoms with van der Waals surface area (Å²) in [7, 11) is 2.15. The molecule has 32 heavy (non-hydrogen) atoms. The lowest BCUT2D eigenvalue weighted by atomic mass is 10.0. The SMILES string of the molecule is Cc1nc2c(F)cc(-c3c[nH]c4nc(NCC(C)C)ncc34)cc2n1C1CCN(C)CC1. The largest absolute Gasteiger partial charge is 0.354 e. The summed E-state index contributed by atoms with van der Waals surface area (Å²) in [5.41, 5.74) is 3.74. The predicted molar refractivity (Wildman–Crippen MR) is 126 cm³/mol. The number of hydrogen-bond donors (Lipinski definition) is 2. The Balaban J connectivity index is 1.56. The molecule has 1 aliphatic heterocycles. The number of aryl methyl sites for hydroxylation is 1. The van der Waals surface area contributed by atoms with E-state index in [4.69, 9.17) is 0 Å². The molecule has 7 nitrogen and oxygen atoms in total. The van der Waals surface area contributed by atoms with Crippen molar-refractivity contribution in [3.8, 4) is 11.1 Å². The van der Waals surface area contributed by atoms with E-state index in [1.54, 1.807) is 12.3 Å². The molecular weight excluding hydrogens is 405 g/mol. The molecule has 1 saturated heterocycles. The molecule has 1 aliphatic rings. The molecule has 0 atom stereocenters. The van der Waals surface area contributed by atoms with Crippen molar-refractivity contribution in [1.29, 1.82) is 0 Å². The lowest BCUT2D eigenvalue weighted by Crippen LogP contribution is -2.31. The van der Waals surface area contributed by atoms with Crippen molar-refractivity contribution in [2.45, 2.75) is 39.7 Å². The molecule has 0 bridgehead atoms. The Morgan fingerprint density at radius 3 is 2.75 bits per heavy atom. The number of nitrogens with zero attached hydrogens (tertiary/aromatic N) is 5. The molecule has 0 amide bonds. The van der Waals surface area contributed by atoms with Crippen LogP contribution >= 0.6 is 0 Å². The van der Waals surface area contributed by atoms with Crippen molar-refractivity contribution in [1.82, 2.24) is 29.4 Å². The highest BCUT2D eigenvalue weighted by atomic mass is 19.1. The van der Waals surface area contributed by atoms with Crippen LogP contribution in [-0.4, -0.2) is 56.1 Å². The fourth-order valence-corrected chi connectivity index (χ4v) is 4.67. The van der Waals surface area contributed by atoms with Crippen molar-refractivity contribution in [3.63, 3.8) is 0 Å². The molecule has 0 unspecified atom stereocenters. The Hall–Kier alpha value is -3.00. The Morgan fingerprint density at radius 2 is 2.00 bits per heavy atom. The maximum Gasteiger partial charge on any atom is 0.224 e. The standard InChI is InChI=1S/C24H30FN7/c1-14(2)11-27-24-28-13-19-18(12-26-23(19)30-24)16-9-20(25)22-21(10-16)32(15(3)29-22)17-5-7-31(4)8-6-17/h9-10,12-14,17H,5-8,11H2,1-4H3,(H2,26,27,28,30). The number of hydrogen-bond acceptors (Lipinski definition) is 5. The van der Waals surface area contributed by atoms with Gasteiger partial charge in [0.15, 0.2) is 5.82 Å². The van der Waals surface area contributed by atoms with E-state index in [0.717, 1.165) is 66.0 Å². The summed E-state index contributed by atoms with van der Waals surface area (Å²) in [5.74, 6) is 1.67. The summed E-state index contributed by atoms with van der Waals surface area (Å²) in [6, 6.07) is 3.97. The minimum Gasteiger partial charge on any atom is -0.354 e. The zero-order valence-corrected chi connectivity index (χ0v) is 19.1. The number of H-pyrrole nitrogens is 1. The summed E-state index contributed by atoms with van der Waals surface area (Å²) in [5, 5.41) is 4.13. The van der Waals surface area contributed by atoms with Crippen LogP contribution in [0.5, 0.6) is 0 Å². The Bertz CT molecular complexity index is 1260. The van der Waals surface area contributed by atoms with Crippen molar-refractivity contribution >= 4 is 28.0 Å². The van der Waals surface area contributed by atoms with Crippen LogP contribution in [0.1, 0.15) is 38.6 Å². The second-order valence-corrected chi connectivity index (χ2v) is 9.32. The zero-order chi connectivity index (χ0) is 22.4. The number of rotatable bonds is 5. The van der Waals surface area contributed by atoms with E-state index in [2.05, 4.69) is 61.7 Å². The lowest BCUT2D eigenvalue weighted by molar-refractivity contribution is 0.222. The van der Waals surface area contributed by atoms with Gasteiger partial charge in [0.2, 0.25) is 5.95 Å². The number of halogens is 1. The Labute approximate surface area is 187 Å². The van der Waals surface area contributed by atoms with Crippen LogP contribution in [0.15, 0.2) is 24.5 Å². The third-order valence-corrected chi connectivity index (χ3v) is 6.39. The molecule has 4 aromatic rings. The van der Waals surface area contributed by atoms with Gasteiger partial charge in [-0.2, -0.15) is 4.98 Å². The van der Waals surface area contributed by atoms with E-state index in [9.17, 15) is 0 Å². The summed E-state index contributed by atoms with van der Waals surface area (Å²) in [6.45, 7) is 9.14. The number of aromatic nitrogens is 5. The van der Waals surface area contributed by atoms with Gasteiger partial charge in [-0.15, -0.1) is 0 Å². The van der Waals surface area contributed by atoms with Crippen LogP contribution in [0.2, 0.25) is 0 Å². The highest BCUT2D eigenvalue weighted by Gasteiger charge is 2.24. The van der Waals surface area contributed by atoms with Gasteiger partial charge in [0.25, 0.3) is 0 Å². The molecule has 4 heterocycles. The maximum atomic E-state index is 15.2. The number of anilines is 1. The third-order valence-electron chi connectivity index (χ3n) is 6.39. The Morgan fingerprint density at radius 1 is 1.22 bits per heavy atom. The van der Waals surface area contributed by atoms with Gasteiger partial charge < -0.3 is 19.8 Å². The smallest absolute Gasteiger partial charge is 0.224 e. The molecule has 1 aromatic carbocycles. The molecule has 0 aliphatic carbocycles. The monoisotopic (exact) mass is 435 g/mol. The Kier molecular flexibility index (Phi) is 5.33. The highest BCUT2D eigenvalue weighted by Crippen LogP contribution is 2.35.